The molecular weight excluding hydrogens is 390 g/mol. The number of hydrogen-bond acceptors (Lipinski definition) is 7. The van der Waals surface area contributed by atoms with Gasteiger partial charge in [-0.1, -0.05) is 23.9 Å². The first-order chi connectivity index (χ1) is 14.2. The highest BCUT2D eigenvalue weighted by atomic mass is 32.2. The fraction of sp³-hybridized carbons (Fsp3) is 0.550. The topological polar surface area (TPSA) is 81.5 Å². The van der Waals surface area contributed by atoms with E-state index in [0.717, 1.165) is 49.7 Å². The molecule has 0 radical (unpaired) electrons. The van der Waals surface area contributed by atoms with Crippen molar-refractivity contribution in [1.29, 1.82) is 0 Å². The van der Waals surface area contributed by atoms with Crippen LogP contribution in [0.25, 0.3) is 5.69 Å². The lowest BCUT2D eigenvalue weighted by atomic mass is 10.1. The molecule has 1 saturated heterocycles. The molecule has 1 aromatic heterocycles. The SMILES string of the molecule is COCCCNC(=O)CSc1nnc(N2CCCCC2)n1-c1ccccc1OC. The van der Waals surface area contributed by atoms with Gasteiger partial charge in [0.05, 0.1) is 18.6 Å². The van der Waals surface area contributed by atoms with Gasteiger partial charge >= 0.3 is 0 Å². The zero-order valence-electron chi connectivity index (χ0n) is 17.1. The summed E-state index contributed by atoms with van der Waals surface area (Å²) in [5, 5.41) is 12.5. The van der Waals surface area contributed by atoms with Crippen molar-refractivity contribution >= 4 is 23.6 Å². The number of nitrogens with one attached hydrogen (secondary N) is 1. The van der Waals surface area contributed by atoms with Crippen molar-refractivity contribution in [2.75, 3.05) is 51.1 Å². The van der Waals surface area contributed by atoms with Gasteiger partial charge in [-0.2, -0.15) is 0 Å². The summed E-state index contributed by atoms with van der Waals surface area (Å²) in [6, 6.07) is 7.82. The first-order valence-electron chi connectivity index (χ1n) is 9.96. The van der Waals surface area contributed by atoms with Gasteiger partial charge in [-0.3, -0.25) is 9.36 Å². The highest BCUT2D eigenvalue weighted by molar-refractivity contribution is 7.99. The molecule has 1 N–H and O–H groups in total. The van der Waals surface area contributed by atoms with E-state index in [2.05, 4.69) is 20.4 Å². The maximum Gasteiger partial charge on any atom is 0.232 e. The van der Waals surface area contributed by atoms with Crippen LogP contribution in [0.2, 0.25) is 0 Å². The van der Waals surface area contributed by atoms with Crippen molar-refractivity contribution in [1.82, 2.24) is 20.1 Å². The van der Waals surface area contributed by atoms with E-state index in [0.29, 0.717) is 18.3 Å². The minimum atomic E-state index is -0.0276. The van der Waals surface area contributed by atoms with Crippen LogP contribution in [-0.4, -0.2) is 66.9 Å². The van der Waals surface area contributed by atoms with Crippen LogP contribution in [0.1, 0.15) is 25.7 Å². The lowest BCUT2D eigenvalue weighted by Gasteiger charge is -2.28. The summed E-state index contributed by atoms with van der Waals surface area (Å²) in [7, 11) is 3.31. The molecule has 0 unspecified atom stereocenters. The van der Waals surface area contributed by atoms with Crippen molar-refractivity contribution < 1.29 is 14.3 Å². The Morgan fingerprint density at radius 1 is 1.17 bits per heavy atom. The molecule has 158 valence electrons. The van der Waals surface area contributed by atoms with E-state index in [1.807, 2.05) is 28.8 Å². The average molecular weight is 420 g/mol. The molecule has 9 heteroatoms. The molecule has 1 aliphatic heterocycles. The second-order valence-corrected chi connectivity index (χ2v) is 7.77. The van der Waals surface area contributed by atoms with Crippen molar-refractivity contribution in [2.24, 2.45) is 0 Å². The predicted molar refractivity (Wildman–Crippen MR) is 114 cm³/mol. The summed E-state index contributed by atoms with van der Waals surface area (Å²) in [6.45, 7) is 3.15. The number of methoxy groups -OCH3 is 2. The van der Waals surface area contributed by atoms with Crippen LogP contribution in [0, 0.1) is 0 Å². The number of para-hydroxylation sites is 2. The molecule has 0 aliphatic carbocycles. The summed E-state index contributed by atoms with van der Waals surface area (Å²) in [5.74, 6) is 1.80. The molecule has 1 aromatic carbocycles. The fourth-order valence-corrected chi connectivity index (χ4v) is 4.08. The van der Waals surface area contributed by atoms with Crippen LogP contribution in [-0.2, 0) is 9.53 Å². The van der Waals surface area contributed by atoms with Gasteiger partial charge in [-0.25, -0.2) is 0 Å². The molecule has 0 saturated carbocycles. The third kappa shape index (κ3) is 5.63. The number of hydrogen-bond donors (Lipinski definition) is 1. The van der Waals surface area contributed by atoms with E-state index in [-0.39, 0.29) is 11.7 Å². The largest absolute Gasteiger partial charge is 0.495 e. The number of benzene rings is 1. The molecule has 29 heavy (non-hydrogen) atoms. The van der Waals surface area contributed by atoms with Crippen LogP contribution in [0.4, 0.5) is 5.95 Å². The van der Waals surface area contributed by atoms with E-state index in [4.69, 9.17) is 9.47 Å². The first-order valence-corrected chi connectivity index (χ1v) is 11.0. The van der Waals surface area contributed by atoms with E-state index in [1.165, 1.54) is 18.2 Å². The number of carbonyl (C=O) groups is 1. The summed E-state index contributed by atoms with van der Waals surface area (Å²) in [4.78, 5) is 14.5. The van der Waals surface area contributed by atoms with Crippen LogP contribution in [0.15, 0.2) is 29.4 Å². The van der Waals surface area contributed by atoms with Crippen molar-refractivity contribution in [3.8, 4) is 11.4 Å². The van der Waals surface area contributed by atoms with Gasteiger partial charge < -0.3 is 19.7 Å². The maximum atomic E-state index is 12.2. The minimum absolute atomic E-state index is 0.0276. The summed E-state index contributed by atoms with van der Waals surface area (Å²) in [5.41, 5.74) is 0.878. The number of amides is 1. The predicted octanol–water partition coefficient (Wildman–Crippen LogP) is 2.51. The van der Waals surface area contributed by atoms with Crippen LogP contribution in [0.3, 0.4) is 0 Å². The number of anilines is 1. The number of nitrogens with zero attached hydrogens (tertiary/aromatic N) is 4. The molecule has 2 heterocycles. The van der Waals surface area contributed by atoms with Gasteiger partial charge in [0.25, 0.3) is 0 Å². The lowest BCUT2D eigenvalue weighted by Crippen LogP contribution is -2.32. The summed E-state index contributed by atoms with van der Waals surface area (Å²) < 4.78 is 12.6. The number of piperidine rings is 1. The van der Waals surface area contributed by atoms with Gasteiger partial charge in [-0.05, 0) is 37.8 Å². The Bertz CT molecular complexity index is 792. The standard InChI is InChI=1S/C20H29N5O3S/c1-27-14-8-11-21-18(26)15-29-20-23-22-19(24-12-6-3-7-13-24)25(20)16-9-4-5-10-17(16)28-2/h4-5,9-10H,3,6-8,11-15H2,1-2H3,(H,21,26). The third-order valence-electron chi connectivity index (χ3n) is 4.76. The summed E-state index contributed by atoms with van der Waals surface area (Å²) >= 11 is 1.38. The second kappa shape index (κ2) is 11.1. The molecule has 1 fully saturated rings. The third-order valence-corrected chi connectivity index (χ3v) is 5.69. The minimum Gasteiger partial charge on any atom is -0.495 e. The monoisotopic (exact) mass is 419 g/mol. The van der Waals surface area contributed by atoms with E-state index in [9.17, 15) is 4.79 Å². The number of ether oxygens (including phenoxy) is 2. The molecule has 1 amide bonds. The fourth-order valence-electron chi connectivity index (χ4n) is 3.31. The molecule has 0 bridgehead atoms. The van der Waals surface area contributed by atoms with Gasteiger partial charge in [0.2, 0.25) is 11.9 Å². The smallest absolute Gasteiger partial charge is 0.232 e. The molecule has 0 spiro atoms. The molecule has 3 rings (SSSR count). The number of aromatic nitrogens is 3. The summed E-state index contributed by atoms with van der Waals surface area (Å²) in [6.07, 6.45) is 4.32. The molecule has 0 atom stereocenters. The Kier molecular flexibility index (Phi) is 8.18. The maximum absolute atomic E-state index is 12.2. The normalized spacial score (nSPS) is 14.1. The molecular formula is C20H29N5O3S. The number of carbonyl (C=O) groups excluding carboxylic acids is 1. The van der Waals surface area contributed by atoms with Crippen molar-refractivity contribution in [2.45, 2.75) is 30.8 Å². The van der Waals surface area contributed by atoms with Crippen LogP contribution >= 0.6 is 11.8 Å². The van der Waals surface area contributed by atoms with Gasteiger partial charge in [0.1, 0.15) is 5.75 Å². The molecule has 8 nitrogen and oxygen atoms in total. The number of rotatable bonds is 10. The highest BCUT2D eigenvalue weighted by Crippen LogP contribution is 2.32. The Morgan fingerprint density at radius 2 is 1.97 bits per heavy atom. The van der Waals surface area contributed by atoms with Gasteiger partial charge in [-0.15, -0.1) is 10.2 Å². The average Bonchev–Trinajstić information content (AvgIpc) is 3.19. The highest BCUT2D eigenvalue weighted by Gasteiger charge is 2.23. The van der Waals surface area contributed by atoms with E-state index >= 15 is 0 Å². The Hall–Kier alpha value is -2.26. The first kappa shape index (κ1) is 21.4. The molecule has 1 aliphatic rings. The van der Waals surface area contributed by atoms with E-state index < -0.39 is 0 Å². The Morgan fingerprint density at radius 3 is 2.72 bits per heavy atom. The Labute approximate surface area is 176 Å². The zero-order valence-corrected chi connectivity index (χ0v) is 17.9. The van der Waals surface area contributed by atoms with Crippen LogP contribution in [0.5, 0.6) is 5.75 Å². The lowest BCUT2D eigenvalue weighted by molar-refractivity contribution is -0.118. The van der Waals surface area contributed by atoms with Gasteiger partial charge in [0.15, 0.2) is 5.16 Å². The zero-order chi connectivity index (χ0) is 20.5. The number of thioether (sulfide) groups is 1. The van der Waals surface area contributed by atoms with E-state index in [1.54, 1.807) is 14.2 Å². The quantitative estimate of drug-likeness (QED) is 0.468. The second-order valence-electron chi connectivity index (χ2n) is 6.82. The molecule has 2 aromatic rings. The van der Waals surface area contributed by atoms with Crippen LogP contribution < -0.4 is 15.0 Å². The Balaban J connectivity index is 1.79. The van der Waals surface area contributed by atoms with Crippen molar-refractivity contribution in [3.63, 3.8) is 0 Å². The van der Waals surface area contributed by atoms with Crippen molar-refractivity contribution in [3.05, 3.63) is 24.3 Å². The van der Waals surface area contributed by atoms with Gasteiger partial charge in [0, 0.05) is 33.4 Å².